The average Bonchev–Trinajstić information content (AvgIpc) is 3.01. The number of hydrogen-bond donors (Lipinski definition) is 1. The summed E-state index contributed by atoms with van der Waals surface area (Å²) >= 11 is 0. The summed E-state index contributed by atoms with van der Waals surface area (Å²) in [6.07, 6.45) is 5.35. The molecule has 0 spiro atoms. The Hall–Kier alpha value is -0.980. The minimum absolute atomic E-state index is 0.424. The fourth-order valence-corrected chi connectivity index (χ4v) is 3.19. The van der Waals surface area contributed by atoms with Crippen molar-refractivity contribution in [1.82, 2.24) is 24.6 Å². The highest BCUT2D eigenvalue weighted by Gasteiger charge is 2.30. The molecule has 19 heavy (non-hydrogen) atoms. The quantitative estimate of drug-likeness (QED) is 0.820. The lowest BCUT2D eigenvalue weighted by atomic mass is 10.0. The van der Waals surface area contributed by atoms with Gasteiger partial charge in [0.2, 0.25) is 0 Å². The van der Waals surface area contributed by atoms with Crippen molar-refractivity contribution in [2.75, 3.05) is 26.2 Å². The van der Waals surface area contributed by atoms with Crippen molar-refractivity contribution in [3.63, 3.8) is 0 Å². The summed E-state index contributed by atoms with van der Waals surface area (Å²) in [6, 6.07) is 1.13. The van der Waals surface area contributed by atoms with Crippen LogP contribution in [0.2, 0.25) is 0 Å². The van der Waals surface area contributed by atoms with Gasteiger partial charge in [-0.2, -0.15) is 0 Å². The van der Waals surface area contributed by atoms with E-state index in [1.165, 1.54) is 26.1 Å². The van der Waals surface area contributed by atoms with Gasteiger partial charge in [0, 0.05) is 32.2 Å². The van der Waals surface area contributed by atoms with Crippen LogP contribution < -0.4 is 5.73 Å². The summed E-state index contributed by atoms with van der Waals surface area (Å²) in [5.41, 5.74) is 5.97. The lowest BCUT2D eigenvalue weighted by Gasteiger charge is -2.34. The molecule has 0 bridgehead atoms. The van der Waals surface area contributed by atoms with Crippen LogP contribution in [0.4, 0.5) is 0 Å². The molecule has 0 amide bonds. The molecule has 106 valence electrons. The van der Waals surface area contributed by atoms with Crippen molar-refractivity contribution < 1.29 is 0 Å². The van der Waals surface area contributed by atoms with Crippen LogP contribution in [0.15, 0.2) is 6.33 Å². The molecular formula is C13H24N6. The first kappa shape index (κ1) is 13.0. The smallest absolute Gasteiger partial charge is 0.146 e. The Morgan fingerprint density at radius 2 is 2.05 bits per heavy atom. The lowest BCUT2D eigenvalue weighted by Crippen LogP contribution is -2.46. The van der Waals surface area contributed by atoms with Gasteiger partial charge in [0.25, 0.3) is 0 Å². The van der Waals surface area contributed by atoms with Crippen LogP contribution in [0.3, 0.4) is 0 Å². The third-order valence-corrected chi connectivity index (χ3v) is 4.51. The highest BCUT2D eigenvalue weighted by Crippen LogP contribution is 2.20. The molecule has 2 aliphatic heterocycles. The fraction of sp³-hybridized carbons (Fsp3) is 0.846. The highest BCUT2D eigenvalue weighted by atomic mass is 15.3. The van der Waals surface area contributed by atoms with E-state index in [1.54, 1.807) is 6.33 Å². The van der Waals surface area contributed by atoms with E-state index >= 15 is 0 Å². The van der Waals surface area contributed by atoms with Crippen molar-refractivity contribution in [2.24, 2.45) is 12.8 Å². The van der Waals surface area contributed by atoms with Gasteiger partial charge in [-0.25, -0.2) is 0 Å². The molecule has 0 aliphatic carbocycles. The highest BCUT2D eigenvalue weighted by molar-refractivity contribution is 4.91. The van der Waals surface area contributed by atoms with Gasteiger partial charge in [-0.05, 0) is 32.4 Å². The van der Waals surface area contributed by atoms with E-state index in [1.807, 2.05) is 11.6 Å². The van der Waals surface area contributed by atoms with Gasteiger partial charge in [0.05, 0.1) is 6.54 Å². The van der Waals surface area contributed by atoms with E-state index in [0.29, 0.717) is 12.1 Å². The molecule has 0 saturated carbocycles. The van der Waals surface area contributed by atoms with Crippen LogP contribution >= 0.6 is 0 Å². The third kappa shape index (κ3) is 2.96. The first-order valence-corrected chi connectivity index (χ1v) is 7.27. The minimum atomic E-state index is 0.424. The standard InChI is InChI=1S/C13H24N6/c1-17-10-15-16-13(17)9-18-5-4-12(8-18)19-6-2-11(14)3-7-19/h10-12H,2-9,14H2,1H3. The Morgan fingerprint density at radius 1 is 1.26 bits per heavy atom. The molecule has 0 radical (unpaired) electrons. The molecule has 2 saturated heterocycles. The van der Waals surface area contributed by atoms with Gasteiger partial charge in [-0.3, -0.25) is 9.80 Å². The number of aromatic nitrogens is 3. The van der Waals surface area contributed by atoms with Gasteiger partial charge in [-0.15, -0.1) is 10.2 Å². The molecule has 2 fully saturated rings. The molecule has 6 nitrogen and oxygen atoms in total. The Balaban J connectivity index is 1.51. The largest absolute Gasteiger partial charge is 0.328 e. The first-order valence-electron chi connectivity index (χ1n) is 7.27. The van der Waals surface area contributed by atoms with E-state index in [-0.39, 0.29) is 0 Å². The molecule has 3 rings (SSSR count). The normalized spacial score (nSPS) is 27.2. The number of rotatable bonds is 3. The number of likely N-dealkylation sites (tertiary alicyclic amines) is 2. The summed E-state index contributed by atoms with van der Waals surface area (Å²) in [4.78, 5) is 5.11. The van der Waals surface area contributed by atoms with Crippen LogP contribution in [-0.2, 0) is 13.6 Å². The molecule has 2 N–H and O–H groups in total. The molecule has 1 atom stereocenters. The Bertz CT molecular complexity index is 409. The fourth-order valence-electron chi connectivity index (χ4n) is 3.19. The zero-order valence-electron chi connectivity index (χ0n) is 11.7. The van der Waals surface area contributed by atoms with Gasteiger partial charge >= 0.3 is 0 Å². The molecule has 6 heteroatoms. The van der Waals surface area contributed by atoms with Crippen molar-refractivity contribution in [2.45, 2.75) is 37.9 Å². The predicted octanol–water partition coefficient (Wildman–Crippen LogP) is -0.187. The number of nitrogens with zero attached hydrogens (tertiary/aromatic N) is 5. The summed E-state index contributed by atoms with van der Waals surface area (Å²) < 4.78 is 2.01. The van der Waals surface area contributed by atoms with E-state index in [4.69, 9.17) is 5.73 Å². The van der Waals surface area contributed by atoms with Crippen molar-refractivity contribution in [3.8, 4) is 0 Å². The second-order valence-electron chi connectivity index (χ2n) is 5.91. The second kappa shape index (κ2) is 5.56. The van der Waals surface area contributed by atoms with E-state index < -0.39 is 0 Å². The Kier molecular flexibility index (Phi) is 3.81. The zero-order valence-corrected chi connectivity index (χ0v) is 11.7. The second-order valence-corrected chi connectivity index (χ2v) is 5.91. The van der Waals surface area contributed by atoms with E-state index in [0.717, 1.165) is 31.8 Å². The van der Waals surface area contributed by atoms with E-state index in [9.17, 15) is 0 Å². The summed E-state index contributed by atoms with van der Waals surface area (Å²) in [5.74, 6) is 1.06. The topological polar surface area (TPSA) is 63.2 Å². The van der Waals surface area contributed by atoms with Crippen LogP contribution in [-0.4, -0.2) is 62.8 Å². The maximum absolute atomic E-state index is 5.97. The lowest BCUT2D eigenvalue weighted by molar-refractivity contribution is 0.151. The zero-order chi connectivity index (χ0) is 13.2. The molecule has 2 aliphatic rings. The van der Waals surface area contributed by atoms with Crippen LogP contribution in [0.1, 0.15) is 25.1 Å². The third-order valence-electron chi connectivity index (χ3n) is 4.51. The Labute approximate surface area is 114 Å². The molecule has 3 heterocycles. The number of piperidine rings is 1. The van der Waals surface area contributed by atoms with Crippen molar-refractivity contribution >= 4 is 0 Å². The molecular weight excluding hydrogens is 240 g/mol. The number of hydrogen-bond acceptors (Lipinski definition) is 5. The molecule has 1 aromatic rings. The predicted molar refractivity (Wildman–Crippen MR) is 73.5 cm³/mol. The minimum Gasteiger partial charge on any atom is -0.328 e. The van der Waals surface area contributed by atoms with Crippen LogP contribution in [0, 0.1) is 0 Å². The molecule has 1 aromatic heterocycles. The SMILES string of the molecule is Cn1cnnc1CN1CCC(N2CCC(N)CC2)C1. The maximum Gasteiger partial charge on any atom is 0.146 e. The summed E-state index contributed by atoms with van der Waals surface area (Å²) in [6.45, 7) is 5.58. The van der Waals surface area contributed by atoms with Crippen LogP contribution in [0.5, 0.6) is 0 Å². The number of aryl methyl sites for hydroxylation is 1. The molecule has 1 unspecified atom stereocenters. The van der Waals surface area contributed by atoms with Gasteiger partial charge in [0.1, 0.15) is 12.2 Å². The summed E-state index contributed by atoms with van der Waals surface area (Å²) in [5, 5.41) is 8.11. The molecule has 0 aromatic carbocycles. The average molecular weight is 264 g/mol. The number of nitrogens with two attached hydrogens (primary N) is 1. The van der Waals surface area contributed by atoms with Gasteiger partial charge in [0.15, 0.2) is 0 Å². The monoisotopic (exact) mass is 264 g/mol. The van der Waals surface area contributed by atoms with Gasteiger partial charge < -0.3 is 10.3 Å². The summed E-state index contributed by atoms with van der Waals surface area (Å²) in [7, 11) is 2.01. The van der Waals surface area contributed by atoms with Crippen LogP contribution in [0.25, 0.3) is 0 Å². The maximum atomic E-state index is 5.97. The Morgan fingerprint density at radius 3 is 2.74 bits per heavy atom. The van der Waals surface area contributed by atoms with Crippen molar-refractivity contribution in [3.05, 3.63) is 12.2 Å². The van der Waals surface area contributed by atoms with E-state index in [2.05, 4.69) is 20.0 Å². The first-order chi connectivity index (χ1) is 9.22. The van der Waals surface area contributed by atoms with Gasteiger partial charge in [-0.1, -0.05) is 0 Å². The van der Waals surface area contributed by atoms with Crippen molar-refractivity contribution in [1.29, 1.82) is 0 Å².